The van der Waals surface area contributed by atoms with Crippen molar-refractivity contribution in [1.82, 2.24) is 14.9 Å². The number of hydrogen-bond acceptors (Lipinski definition) is 10. The molecule has 1 amide bonds. The van der Waals surface area contributed by atoms with Crippen LogP contribution in [0.15, 0.2) is 49.3 Å². The van der Waals surface area contributed by atoms with Crippen molar-refractivity contribution in [3.63, 3.8) is 0 Å². The van der Waals surface area contributed by atoms with Gasteiger partial charge in [0.05, 0.1) is 49.0 Å². The summed E-state index contributed by atoms with van der Waals surface area (Å²) in [6.07, 6.45) is 5.19. The van der Waals surface area contributed by atoms with Crippen LogP contribution < -0.4 is 25.3 Å². The molecule has 3 fully saturated rings. The summed E-state index contributed by atoms with van der Waals surface area (Å²) in [4.78, 5) is 31.7. The average molecular weight is 668 g/mol. The highest BCUT2D eigenvalue weighted by molar-refractivity contribution is 6.02. The van der Waals surface area contributed by atoms with Gasteiger partial charge in [0.2, 0.25) is 5.91 Å². The summed E-state index contributed by atoms with van der Waals surface area (Å²) >= 11 is 0. The number of nitrogens with zero attached hydrogens (tertiary/aromatic N) is 5. The highest BCUT2D eigenvalue weighted by atomic mass is 19.2. The number of ether oxygens (including phenoxy) is 2. The van der Waals surface area contributed by atoms with Gasteiger partial charge in [0.15, 0.2) is 23.3 Å². The summed E-state index contributed by atoms with van der Waals surface area (Å²) in [5.74, 6) is -3.28. The van der Waals surface area contributed by atoms with Gasteiger partial charge in [-0.3, -0.25) is 14.5 Å². The van der Waals surface area contributed by atoms with Gasteiger partial charge in [-0.1, -0.05) is 12.6 Å². The molecule has 1 aromatic heterocycles. The topological polar surface area (TPSA) is 104 Å². The number of morpholine rings is 1. The fourth-order valence-electron chi connectivity index (χ4n) is 6.82. The Kier molecular flexibility index (Phi) is 10.0. The number of rotatable bonds is 9. The number of hydrogen-bond donors (Lipinski definition) is 2. The number of methoxy groups -OCH3 is 1. The lowest BCUT2D eigenvalue weighted by atomic mass is 10.00. The van der Waals surface area contributed by atoms with Crippen LogP contribution in [0, 0.1) is 17.5 Å². The Morgan fingerprint density at radius 2 is 1.77 bits per heavy atom. The number of benzene rings is 2. The Balaban J connectivity index is 1.23. The molecule has 3 saturated heterocycles. The van der Waals surface area contributed by atoms with Crippen molar-refractivity contribution in [3.8, 4) is 5.75 Å². The first-order valence-corrected chi connectivity index (χ1v) is 16.1. The van der Waals surface area contributed by atoms with Gasteiger partial charge < -0.3 is 25.0 Å². The maximum absolute atomic E-state index is 14.7. The molecule has 2 aromatic carbocycles. The van der Waals surface area contributed by atoms with Crippen molar-refractivity contribution in [2.24, 2.45) is 0 Å². The molecule has 0 unspecified atom stereocenters. The second-order valence-corrected chi connectivity index (χ2v) is 12.3. The van der Waals surface area contributed by atoms with E-state index in [-0.39, 0.29) is 36.1 Å². The molecule has 0 spiro atoms. The van der Waals surface area contributed by atoms with Crippen LogP contribution >= 0.6 is 0 Å². The largest absolute Gasteiger partial charge is 0.494 e. The Morgan fingerprint density at radius 1 is 1.02 bits per heavy atom. The average Bonchev–Trinajstić information content (AvgIpc) is 3.57. The van der Waals surface area contributed by atoms with E-state index in [1.807, 2.05) is 6.07 Å². The SMILES string of the molecule is C=CC(=O)Nc1cc(Nc2cc(N3OCC[C@@H]3c3ccc(F)c(F)c3F)ncn2)c(OC)cc1N1CCC(N2C[C@@H](C)O[C@@H](C)C2)CC1. The first-order chi connectivity index (χ1) is 23.1. The Labute approximate surface area is 277 Å². The van der Waals surface area contributed by atoms with Crippen LogP contribution in [0.5, 0.6) is 5.75 Å². The summed E-state index contributed by atoms with van der Waals surface area (Å²) in [7, 11) is 1.56. The third-order valence-corrected chi connectivity index (χ3v) is 9.00. The maximum atomic E-state index is 14.7. The minimum absolute atomic E-state index is 0.0440. The molecule has 0 saturated carbocycles. The number of hydroxylamine groups is 1. The summed E-state index contributed by atoms with van der Waals surface area (Å²) in [6, 6.07) is 7.06. The van der Waals surface area contributed by atoms with Crippen LogP contribution in [0.25, 0.3) is 0 Å². The minimum Gasteiger partial charge on any atom is -0.494 e. The molecule has 11 nitrogen and oxygen atoms in total. The van der Waals surface area contributed by atoms with Crippen molar-refractivity contribution >= 4 is 34.6 Å². The molecule has 14 heteroatoms. The minimum atomic E-state index is -1.54. The zero-order chi connectivity index (χ0) is 33.9. The van der Waals surface area contributed by atoms with E-state index >= 15 is 0 Å². The summed E-state index contributed by atoms with van der Waals surface area (Å²) < 4.78 is 54.1. The van der Waals surface area contributed by atoms with Crippen LogP contribution in [-0.2, 0) is 14.4 Å². The van der Waals surface area contributed by atoms with Gasteiger partial charge in [0.25, 0.3) is 0 Å². The number of anilines is 5. The molecule has 3 atom stereocenters. The fourth-order valence-corrected chi connectivity index (χ4v) is 6.82. The molecular weight excluding hydrogens is 627 g/mol. The number of aromatic nitrogens is 2. The lowest BCUT2D eigenvalue weighted by Crippen LogP contribution is -2.53. The molecule has 3 aliphatic heterocycles. The van der Waals surface area contributed by atoms with Crippen LogP contribution in [0.3, 0.4) is 0 Å². The molecule has 3 aliphatic rings. The number of piperidine rings is 1. The first kappa shape index (κ1) is 33.5. The van der Waals surface area contributed by atoms with Crippen molar-refractivity contribution in [2.75, 3.05) is 60.5 Å². The Morgan fingerprint density at radius 3 is 2.48 bits per heavy atom. The van der Waals surface area contributed by atoms with Crippen LogP contribution in [0.2, 0.25) is 0 Å². The van der Waals surface area contributed by atoms with E-state index in [2.05, 4.69) is 50.8 Å². The second kappa shape index (κ2) is 14.4. The number of halogens is 3. The smallest absolute Gasteiger partial charge is 0.247 e. The number of nitrogens with one attached hydrogen (secondary N) is 2. The zero-order valence-electron chi connectivity index (χ0n) is 27.2. The molecule has 0 bridgehead atoms. The van der Waals surface area contributed by atoms with E-state index in [1.54, 1.807) is 19.2 Å². The zero-order valence-corrected chi connectivity index (χ0v) is 27.2. The molecule has 256 valence electrons. The molecule has 48 heavy (non-hydrogen) atoms. The molecule has 6 rings (SSSR count). The van der Waals surface area contributed by atoms with Crippen LogP contribution in [0.4, 0.5) is 41.9 Å². The molecule has 2 N–H and O–H groups in total. The van der Waals surface area contributed by atoms with Gasteiger partial charge >= 0.3 is 0 Å². The Hall–Kier alpha value is -4.40. The van der Waals surface area contributed by atoms with E-state index in [9.17, 15) is 18.0 Å². The molecule has 0 aliphatic carbocycles. The fraction of sp³-hybridized carbons (Fsp3) is 0.441. The lowest BCUT2D eigenvalue weighted by molar-refractivity contribution is -0.111. The van der Waals surface area contributed by atoms with Gasteiger partial charge in [0.1, 0.15) is 17.9 Å². The normalized spacial score (nSPS) is 22.1. The Bertz CT molecular complexity index is 1650. The van der Waals surface area contributed by atoms with Crippen molar-refractivity contribution < 1.29 is 32.3 Å². The summed E-state index contributed by atoms with van der Waals surface area (Å²) in [5, 5.41) is 7.54. The predicted molar refractivity (Wildman–Crippen MR) is 176 cm³/mol. The van der Waals surface area contributed by atoms with Gasteiger partial charge in [-0.15, -0.1) is 0 Å². The predicted octanol–water partition coefficient (Wildman–Crippen LogP) is 5.73. The van der Waals surface area contributed by atoms with Gasteiger partial charge in [-0.25, -0.2) is 28.2 Å². The highest BCUT2D eigenvalue weighted by Gasteiger charge is 2.34. The van der Waals surface area contributed by atoms with E-state index in [0.29, 0.717) is 35.4 Å². The number of carbonyl (C=O) groups is 1. The van der Waals surface area contributed by atoms with Crippen molar-refractivity contribution in [3.05, 3.63) is 72.3 Å². The van der Waals surface area contributed by atoms with Crippen molar-refractivity contribution in [1.29, 1.82) is 0 Å². The quantitative estimate of drug-likeness (QED) is 0.217. The van der Waals surface area contributed by atoms with Gasteiger partial charge in [-0.05, 0) is 44.9 Å². The summed E-state index contributed by atoms with van der Waals surface area (Å²) in [5.41, 5.74) is 1.86. The molecule has 0 radical (unpaired) electrons. The van der Waals surface area contributed by atoms with E-state index < -0.39 is 23.5 Å². The third kappa shape index (κ3) is 7.05. The van der Waals surface area contributed by atoms with Crippen LogP contribution in [0.1, 0.15) is 44.7 Å². The molecular formula is C34H40F3N7O4. The summed E-state index contributed by atoms with van der Waals surface area (Å²) in [6.45, 7) is 11.5. The van der Waals surface area contributed by atoms with E-state index in [0.717, 1.165) is 50.8 Å². The molecule has 4 heterocycles. The second-order valence-electron chi connectivity index (χ2n) is 12.3. The van der Waals surface area contributed by atoms with E-state index in [1.165, 1.54) is 23.5 Å². The van der Waals surface area contributed by atoms with Crippen LogP contribution in [-0.4, -0.2) is 78.9 Å². The third-order valence-electron chi connectivity index (χ3n) is 9.00. The monoisotopic (exact) mass is 667 g/mol. The highest BCUT2D eigenvalue weighted by Crippen LogP contribution is 2.41. The van der Waals surface area contributed by atoms with E-state index in [4.69, 9.17) is 14.3 Å². The standard InChI is InChI=1S/C34H40F3N7O4/c1-5-32(45)41-25-14-26(29(46-4)15-28(25)42-11-8-22(9-12-42)43-17-20(2)48-21(3)18-43)40-30-16-31(39-19-38-30)44-27(10-13-47-44)23-6-7-24(35)34(37)33(23)36/h5-7,14-16,19-22,27H,1,8-13,17-18H2,2-4H3,(H,41,45)(H,38,39,40)/t20-,21+,27-/m1/s1. The lowest BCUT2D eigenvalue weighted by Gasteiger charge is -2.44. The number of amides is 1. The molecule has 3 aromatic rings. The van der Waals surface area contributed by atoms with Crippen molar-refractivity contribution in [2.45, 2.75) is 57.4 Å². The first-order valence-electron chi connectivity index (χ1n) is 16.1. The van der Waals surface area contributed by atoms with Gasteiger partial charge in [-0.2, -0.15) is 0 Å². The maximum Gasteiger partial charge on any atom is 0.247 e. The number of carbonyl (C=O) groups excluding carboxylic acids is 1. The van der Waals surface area contributed by atoms with Gasteiger partial charge in [0, 0.05) is 56.3 Å².